The highest BCUT2D eigenvalue weighted by molar-refractivity contribution is 5.81. The highest BCUT2D eigenvalue weighted by atomic mass is 16.5. The zero-order valence-electron chi connectivity index (χ0n) is 13.1. The Morgan fingerprint density at radius 1 is 1.09 bits per heavy atom. The molecule has 1 aliphatic heterocycles. The maximum atomic E-state index is 12.1. The third-order valence-electron chi connectivity index (χ3n) is 3.97. The van der Waals surface area contributed by atoms with Crippen LogP contribution in [0.15, 0.2) is 54.6 Å². The lowest BCUT2D eigenvalue weighted by Gasteiger charge is -2.22. The van der Waals surface area contributed by atoms with Crippen molar-refractivity contribution in [3.05, 3.63) is 60.2 Å². The third-order valence-corrected chi connectivity index (χ3v) is 3.97. The van der Waals surface area contributed by atoms with Gasteiger partial charge in [-0.3, -0.25) is 4.79 Å². The summed E-state index contributed by atoms with van der Waals surface area (Å²) in [5.74, 6) is 1.66. The molecule has 120 valence electrons. The minimum absolute atomic E-state index is 0.0486. The number of carbonyl (C=O) groups excluding carboxylic acids is 1. The van der Waals surface area contributed by atoms with E-state index in [1.165, 1.54) is 0 Å². The van der Waals surface area contributed by atoms with E-state index in [9.17, 15) is 4.79 Å². The van der Waals surface area contributed by atoms with Crippen LogP contribution in [0.3, 0.4) is 0 Å². The largest absolute Gasteiger partial charge is 0.457 e. The molecule has 0 radical (unpaired) electrons. The summed E-state index contributed by atoms with van der Waals surface area (Å²) in [7, 11) is 0. The number of para-hydroxylation sites is 1. The van der Waals surface area contributed by atoms with Gasteiger partial charge in [-0.1, -0.05) is 36.8 Å². The molecule has 4 heteroatoms. The van der Waals surface area contributed by atoms with Gasteiger partial charge in [0.25, 0.3) is 0 Å². The minimum Gasteiger partial charge on any atom is -0.457 e. The van der Waals surface area contributed by atoms with Gasteiger partial charge in [-0.15, -0.1) is 0 Å². The van der Waals surface area contributed by atoms with Gasteiger partial charge in [0.15, 0.2) is 0 Å². The fourth-order valence-electron chi connectivity index (χ4n) is 2.73. The van der Waals surface area contributed by atoms with Crippen molar-refractivity contribution in [2.24, 2.45) is 0 Å². The van der Waals surface area contributed by atoms with Crippen LogP contribution in [0.2, 0.25) is 0 Å². The Morgan fingerprint density at radius 2 is 1.91 bits per heavy atom. The Hall–Kier alpha value is -2.33. The molecule has 0 bridgehead atoms. The van der Waals surface area contributed by atoms with Crippen molar-refractivity contribution >= 4 is 5.91 Å². The zero-order chi connectivity index (χ0) is 15.9. The van der Waals surface area contributed by atoms with Gasteiger partial charge in [0, 0.05) is 6.54 Å². The second-order valence-corrected chi connectivity index (χ2v) is 5.78. The summed E-state index contributed by atoms with van der Waals surface area (Å²) in [5, 5.41) is 6.27. The van der Waals surface area contributed by atoms with E-state index in [2.05, 4.69) is 10.6 Å². The minimum atomic E-state index is -0.0486. The van der Waals surface area contributed by atoms with Gasteiger partial charge in [-0.05, 0) is 49.2 Å². The molecule has 4 nitrogen and oxygen atoms in total. The highest BCUT2D eigenvalue weighted by Crippen LogP contribution is 2.21. The highest BCUT2D eigenvalue weighted by Gasteiger charge is 2.19. The molecule has 0 aliphatic carbocycles. The maximum absolute atomic E-state index is 12.1. The van der Waals surface area contributed by atoms with E-state index in [-0.39, 0.29) is 11.9 Å². The molecule has 1 aliphatic rings. The molecule has 1 fully saturated rings. The monoisotopic (exact) mass is 310 g/mol. The number of rotatable bonds is 5. The van der Waals surface area contributed by atoms with Crippen molar-refractivity contribution in [2.75, 3.05) is 6.54 Å². The molecule has 1 saturated heterocycles. The van der Waals surface area contributed by atoms with Gasteiger partial charge in [0.05, 0.1) is 6.04 Å². The van der Waals surface area contributed by atoms with Crippen LogP contribution in [0.5, 0.6) is 11.5 Å². The number of carbonyl (C=O) groups is 1. The fourth-order valence-corrected chi connectivity index (χ4v) is 2.73. The molecule has 2 N–H and O–H groups in total. The van der Waals surface area contributed by atoms with Crippen molar-refractivity contribution in [1.82, 2.24) is 10.6 Å². The van der Waals surface area contributed by atoms with Crippen LogP contribution in [0, 0.1) is 0 Å². The number of benzene rings is 2. The van der Waals surface area contributed by atoms with Crippen molar-refractivity contribution < 1.29 is 9.53 Å². The molecular weight excluding hydrogens is 288 g/mol. The van der Waals surface area contributed by atoms with Crippen LogP contribution in [0.1, 0.15) is 24.8 Å². The van der Waals surface area contributed by atoms with Crippen molar-refractivity contribution in [2.45, 2.75) is 31.8 Å². The van der Waals surface area contributed by atoms with Crippen LogP contribution in [0.25, 0.3) is 0 Å². The van der Waals surface area contributed by atoms with Gasteiger partial charge >= 0.3 is 0 Å². The number of ether oxygens (including phenoxy) is 1. The van der Waals surface area contributed by atoms with Gasteiger partial charge < -0.3 is 15.4 Å². The molecule has 0 spiro atoms. The third kappa shape index (κ3) is 4.57. The molecule has 2 aromatic rings. The molecule has 0 aromatic heterocycles. The quantitative estimate of drug-likeness (QED) is 0.891. The molecule has 2 aromatic carbocycles. The number of amides is 1. The van der Waals surface area contributed by atoms with E-state index in [1.54, 1.807) is 0 Å². The summed E-state index contributed by atoms with van der Waals surface area (Å²) < 4.78 is 5.82. The fraction of sp³-hybridized carbons (Fsp3) is 0.316. The van der Waals surface area contributed by atoms with Gasteiger partial charge in [0.1, 0.15) is 11.5 Å². The molecule has 1 amide bonds. The normalized spacial score (nSPS) is 17.5. The lowest BCUT2D eigenvalue weighted by atomic mass is 10.0. The first-order valence-electron chi connectivity index (χ1n) is 8.14. The Morgan fingerprint density at radius 3 is 2.70 bits per heavy atom. The molecule has 1 atom stereocenters. The van der Waals surface area contributed by atoms with E-state index in [1.807, 2.05) is 54.6 Å². The van der Waals surface area contributed by atoms with E-state index >= 15 is 0 Å². The van der Waals surface area contributed by atoms with Crippen molar-refractivity contribution in [1.29, 1.82) is 0 Å². The Bertz CT molecular complexity index is 637. The zero-order valence-corrected chi connectivity index (χ0v) is 13.1. The molecule has 1 heterocycles. The lowest BCUT2D eigenvalue weighted by Crippen LogP contribution is -2.46. The average Bonchev–Trinajstić information content (AvgIpc) is 2.62. The van der Waals surface area contributed by atoms with E-state index < -0.39 is 0 Å². The lowest BCUT2D eigenvalue weighted by molar-refractivity contribution is -0.123. The van der Waals surface area contributed by atoms with Crippen LogP contribution in [-0.2, 0) is 11.3 Å². The van der Waals surface area contributed by atoms with Crippen LogP contribution >= 0.6 is 0 Å². The Kier molecular flexibility index (Phi) is 5.27. The van der Waals surface area contributed by atoms with E-state index in [0.29, 0.717) is 6.54 Å². The summed E-state index contributed by atoms with van der Waals surface area (Å²) in [6.07, 6.45) is 3.19. The second kappa shape index (κ2) is 7.79. The molecule has 0 saturated carbocycles. The van der Waals surface area contributed by atoms with Crippen LogP contribution < -0.4 is 15.4 Å². The number of hydrogen-bond acceptors (Lipinski definition) is 3. The maximum Gasteiger partial charge on any atom is 0.237 e. The summed E-state index contributed by atoms with van der Waals surface area (Å²) in [6.45, 7) is 1.45. The first-order valence-corrected chi connectivity index (χ1v) is 8.14. The predicted octanol–water partition coefficient (Wildman–Crippen LogP) is 3.24. The van der Waals surface area contributed by atoms with E-state index in [0.717, 1.165) is 42.9 Å². The predicted molar refractivity (Wildman–Crippen MR) is 90.4 cm³/mol. The number of piperidine rings is 1. The Balaban J connectivity index is 1.56. The summed E-state index contributed by atoms with van der Waals surface area (Å²) in [4.78, 5) is 12.1. The first kappa shape index (κ1) is 15.6. The standard InChI is InChI=1S/C19H22N2O2/c22-19(18-11-4-5-12-20-18)21-14-15-7-6-10-17(13-15)23-16-8-2-1-3-9-16/h1-3,6-10,13,18,20H,4-5,11-12,14H2,(H,21,22). The number of nitrogens with one attached hydrogen (secondary N) is 2. The van der Waals surface area contributed by atoms with Gasteiger partial charge in [-0.2, -0.15) is 0 Å². The molecule has 3 rings (SSSR count). The molecular formula is C19H22N2O2. The Labute approximate surface area is 136 Å². The topological polar surface area (TPSA) is 50.4 Å². The summed E-state index contributed by atoms with van der Waals surface area (Å²) in [6, 6.07) is 17.4. The first-order chi connectivity index (χ1) is 11.3. The second-order valence-electron chi connectivity index (χ2n) is 5.78. The molecule has 23 heavy (non-hydrogen) atoms. The van der Waals surface area contributed by atoms with E-state index in [4.69, 9.17) is 4.74 Å². The van der Waals surface area contributed by atoms with Crippen molar-refractivity contribution in [3.8, 4) is 11.5 Å². The van der Waals surface area contributed by atoms with Crippen molar-refractivity contribution in [3.63, 3.8) is 0 Å². The number of hydrogen-bond donors (Lipinski definition) is 2. The van der Waals surface area contributed by atoms with Crippen LogP contribution in [-0.4, -0.2) is 18.5 Å². The summed E-state index contributed by atoms with van der Waals surface area (Å²) in [5.41, 5.74) is 1.03. The average molecular weight is 310 g/mol. The van der Waals surface area contributed by atoms with Gasteiger partial charge in [-0.25, -0.2) is 0 Å². The molecule has 1 unspecified atom stereocenters. The van der Waals surface area contributed by atoms with Gasteiger partial charge in [0.2, 0.25) is 5.91 Å². The van der Waals surface area contributed by atoms with Crippen LogP contribution in [0.4, 0.5) is 0 Å². The summed E-state index contributed by atoms with van der Waals surface area (Å²) >= 11 is 0. The smallest absolute Gasteiger partial charge is 0.237 e. The SMILES string of the molecule is O=C(NCc1cccc(Oc2ccccc2)c1)C1CCCCN1.